The van der Waals surface area contributed by atoms with Gasteiger partial charge in [-0.1, -0.05) is 12.1 Å². The number of pyridine rings is 1. The average Bonchev–Trinajstić information content (AvgIpc) is 2.54. The van der Waals surface area contributed by atoms with Crippen molar-refractivity contribution in [2.75, 3.05) is 19.0 Å². The molecule has 2 rings (SSSR count). The van der Waals surface area contributed by atoms with Gasteiger partial charge < -0.3 is 14.8 Å². The highest BCUT2D eigenvalue weighted by Gasteiger charge is 2.06. The topological polar surface area (TPSA) is 67.2 Å². The number of hydrogen-bond donors (Lipinski definition) is 1. The van der Waals surface area contributed by atoms with Gasteiger partial charge >= 0.3 is 0 Å². The predicted molar refractivity (Wildman–Crippen MR) is 85.2 cm³/mol. The Labute approximate surface area is 130 Å². The molecule has 2 aromatic rings. The smallest absolute Gasteiger partial charge is 0.161 e. The monoisotopic (exact) mass is 297 g/mol. The van der Waals surface area contributed by atoms with Crippen LogP contribution in [0.3, 0.4) is 0 Å². The molecule has 0 radical (unpaired) electrons. The standard InChI is InChI=1S/C17H19N3O2/c1-4-22-16-9-13(6-7-15(16)21-3)11-19-17-8-5-12(2)14(10-18)20-17/h5-9H,4,11H2,1-3H3,(H,19,20). The largest absolute Gasteiger partial charge is 0.493 e. The highest BCUT2D eigenvalue weighted by Crippen LogP contribution is 2.28. The normalized spacial score (nSPS) is 9.91. The van der Waals surface area contributed by atoms with Gasteiger partial charge in [0.2, 0.25) is 0 Å². The number of aromatic nitrogens is 1. The Morgan fingerprint density at radius 2 is 2.05 bits per heavy atom. The number of nitriles is 1. The molecule has 0 aliphatic heterocycles. The Balaban J connectivity index is 2.11. The average molecular weight is 297 g/mol. The number of ether oxygens (including phenoxy) is 2. The van der Waals surface area contributed by atoms with E-state index in [1.54, 1.807) is 7.11 Å². The van der Waals surface area contributed by atoms with Gasteiger partial charge in [0.05, 0.1) is 13.7 Å². The van der Waals surface area contributed by atoms with E-state index >= 15 is 0 Å². The van der Waals surface area contributed by atoms with Crippen LogP contribution in [-0.4, -0.2) is 18.7 Å². The Morgan fingerprint density at radius 3 is 2.73 bits per heavy atom. The second kappa shape index (κ2) is 7.32. The molecule has 114 valence electrons. The van der Waals surface area contributed by atoms with E-state index in [2.05, 4.69) is 16.4 Å². The fraction of sp³-hybridized carbons (Fsp3) is 0.294. The van der Waals surface area contributed by atoms with Gasteiger partial charge in [-0.05, 0) is 43.2 Å². The van der Waals surface area contributed by atoms with Crippen molar-refractivity contribution >= 4 is 5.82 Å². The molecule has 0 aliphatic rings. The van der Waals surface area contributed by atoms with Crippen LogP contribution in [0.5, 0.6) is 11.5 Å². The maximum absolute atomic E-state index is 9.01. The molecule has 5 heteroatoms. The molecule has 5 nitrogen and oxygen atoms in total. The summed E-state index contributed by atoms with van der Waals surface area (Å²) in [5.74, 6) is 2.11. The van der Waals surface area contributed by atoms with Crippen LogP contribution < -0.4 is 14.8 Å². The molecule has 1 aromatic carbocycles. The molecule has 0 saturated heterocycles. The van der Waals surface area contributed by atoms with Crippen LogP contribution >= 0.6 is 0 Å². The molecule has 1 aromatic heterocycles. The number of aryl methyl sites for hydroxylation is 1. The van der Waals surface area contributed by atoms with E-state index in [-0.39, 0.29) is 0 Å². The van der Waals surface area contributed by atoms with Gasteiger partial charge in [0.25, 0.3) is 0 Å². The zero-order valence-electron chi connectivity index (χ0n) is 13.0. The molecule has 22 heavy (non-hydrogen) atoms. The van der Waals surface area contributed by atoms with Crippen molar-refractivity contribution < 1.29 is 9.47 Å². The fourth-order valence-corrected chi connectivity index (χ4v) is 2.03. The van der Waals surface area contributed by atoms with Gasteiger partial charge in [-0.2, -0.15) is 5.26 Å². The third-order valence-electron chi connectivity index (χ3n) is 3.20. The van der Waals surface area contributed by atoms with Crippen molar-refractivity contribution in [3.05, 3.63) is 47.2 Å². The predicted octanol–water partition coefficient (Wildman–Crippen LogP) is 3.28. The van der Waals surface area contributed by atoms with E-state index in [0.29, 0.717) is 30.4 Å². The zero-order chi connectivity index (χ0) is 15.9. The van der Waals surface area contributed by atoms with Gasteiger partial charge in [-0.15, -0.1) is 0 Å². The van der Waals surface area contributed by atoms with E-state index < -0.39 is 0 Å². The first-order valence-corrected chi connectivity index (χ1v) is 7.09. The molecule has 0 fully saturated rings. The molecule has 0 amide bonds. The minimum absolute atomic E-state index is 0.440. The molecule has 0 spiro atoms. The fourth-order valence-electron chi connectivity index (χ4n) is 2.03. The first-order chi connectivity index (χ1) is 10.7. The number of methoxy groups -OCH3 is 1. The summed E-state index contributed by atoms with van der Waals surface area (Å²) >= 11 is 0. The summed E-state index contributed by atoms with van der Waals surface area (Å²) in [7, 11) is 1.62. The molecule has 0 unspecified atom stereocenters. The molecular weight excluding hydrogens is 278 g/mol. The van der Waals surface area contributed by atoms with Gasteiger partial charge in [-0.25, -0.2) is 4.98 Å². The zero-order valence-corrected chi connectivity index (χ0v) is 13.0. The summed E-state index contributed by atoms with van der Waals surface area (Å²) in [6, 6.07) is 11.6. The lowest BCUT2D eigenvalue weighted by molar-refractivity contribution is 0.310. The van der Waals surface area contributed by atoms with Crippen molar-refractivity contribution in [2.45, 2.75) is 20.4 Å². The Hall–Kier alpha value is -2.74. The number of hydrogen-bond acceptors (Lipinski definition) is 5. The SMILES string of the molecule is CCOc1cc(CNc2ccc(C)c(C#N)n2)ccc1OC. The van der Waals surface area contributed by atoms with Crippen LogP contribution in [0.25, 0.3) is 0 Å². The maximum atomic E-state index is 9.01. The minimum Gasteiger partial charge on any atom is -0.493 e. The quantitative estimate of drug-likeness (QED) is 0.886. The number of rotatable bonds is 6. The Bertz CT molecular complexity index is 693. The first-order valence-electron chi connectivity index (χ1n) is 7.09. The van der Waals surface area contributed by atoms with Crippen molar-refractivity contribution in [1.29, 1.82) is 5.26 Å². The van der Waals surface area contributed by atoms with Crippen LogP contribution in [0.2, 0.25) is 0 Å². The molecule has 0 aliphatic carbocycles. The number of nitrogens with one attached hydrogen (secondary N) is 1. The summed E-state index contributed by atoms with van der Waals surface area (Å²) in [6.07, 6.45) is 0. The summed E-state index contributed by atoms with van der Waals surface area (Å²) in [5.41, 5.74) is 2.36. The Morgan fingerprint density at radius 1 is 1.23 bits per heavy atom. The summed E-state index contributed by atoms with van der Waals surface area (Å²) in [4.78, 5) is 4.27. The molecule has 0 saturated carbocycles. The van der Waals surface area contributed by atoms with Gasteiger partial charge in [0.15, 0.2) is 11.5 Å². The summed E-state index contributed by atoms with van der Waals surface area (Å²) in [5, 5.41) is 12.2. The lowest BCUT2D eigenvalue weighted by Crippen LogP contribution is -2.04. The number of nitrogens with zero attached hydrogens (tertiary/aromatic N) is 2. The third-order valence-corrected chi connectivity index (χ3v) is 3.20. The third kappa shape index (κ3) is 3.67. The molecular formula is C17H19N3O2. The molecule has 1 N–H and O–H groups in total. The molecule has 0 bridgehead atoms. The Kier molecular flexibility index (Phi) is 5.21. The highest BCUT2D eigenvalue weighted by molar-refractivity contribution is 5.46. The van der Waals surface area contributed by atoms with E-state index in [9.17, 15) is 0 Å². The summed E-state index contributed by atoms with van der Waals surface area (Å²) < 4.78 is 10.8. The lowest BCUT2D eigenvalue weighted by atomic mass is 10.2. The van der Waals surface area contributed by atoms with Crippen molar-refractivity contribution in [1.82, 2.24) is 4.98 Å². The van der Waals surface area contributed by atoms with Gasteiger partial charge in [-0.3, -0.25) is 0 Å². The van der Waals surface area contributed by atoms with E-state index in [4.69, 9.17) is 14.7 Å². The van der Waals surface area contributed by atoms with Crippen LogP contribution in [0.4, 0.5) is 5.82 Å². The van der Waals surface area contributed by atoms with Crippen LogP contribution in [0, 0.1) is 18.3 Å². The van der Waals surface area contributed by atoms with Crippen LogP contribution in [0.15, 0.2) is 30.3 Å². The lowest BCUT2D eigenvalue weighted by Gasteiger charge is -2.12. The van der Waals surface area contributed by atoms with Crippen molar-refractivity contribution in [2.24, 2.45) is 0 Å². The van der Waals surface area contributed by atoms with Crippen LogP contribution in [-0.2, 0) is 6.54 Å². The molecule has 0 atom stereocenters. The molecule has 1 heterocycles. The highest BCUT2D eigenvalue weighted by atomic mass is 16.5. The summed E-state index contributed by atoms with van der Waals surface area (Å²) in [6.45, 7) is 4.97. The van der Waals surface area contributed by atoms with Crippen LogP contribution in [0.1, 0.15) is 23.7 Å². The first kappa shape index (κ1) is 15.6. The van der Waals surface area contributed by atoms with Gasteiger partial charge in [0.1, 0.15) is 17.6 Å². The van der Waals surface area contributed by atoms with Crippen molar-refractivity contribution in [3.8, 4) is 17.6 Å². The second-order valence-electron chi connectivity index (χ2n) is 4.75. The van der Waals surface area contributed by atoms with E-state index in [0.717, 1.165) is 16.9 Å². The van der Waals surface area contributed by atoms with E-state index in [1.807, 2.05) is 44.2 Å². The second-order valence-corrected chi connectivity index (χ2v) is 4.75. The van der Waals surface area contributed by atoms with Gasteiger partial charge in [0, 0.05) is 6.54 Å². The number of anilines is 1. The van der Waals surface area contributed by atoms with Crippen molar-refractivity contribution in [3.63, 3.8) is 0 Å². The van der Waals surface area contributed by atoms with E-state index in [1.165, 1.54) is 0 Å². The number of benzene rings is 1. The minimum atomic E-state index is 0.440. The maximum Gasteiger partial charge on any atom is 0.161 e.